The van der Waals surface area contributed by atoms with Gasteiger partial charge in [-0.15, -0.1) is 0 Å². The molecule has 20 heavy (non-hydrogen) atoms. The van der Waals surface area contributed by atoms with E-state index in [2.05, 4.69) is 10.6 Å². The number of carbonyl (C=O) groups is 3. The van der Waals surface area contributed by atoms with Crippen LogP contribution >= 0.6 is 11.8 Å². The van der Waals surface area contributed by atoms with Crippen molar-refractivity contribution in [3.8, 4) is 0 Å². The molecule has 0 unspecified atom stereocenters. The molecule has 1 atom stereocenters. The van der Waals surface area contributed by atoms with E-state index < -0.39 is 18.0 Å². The summed E-state index contributed by atoms with van der Waals surface area (Å²) in [6.07, 6.45) is 3.03. The number of rotatable bonds is 9. The lowest BCUT2D eigenvalue weighted by molar-refractivity contribution is -0.139. The average molecular weight is 305 g/mol. The predicted molar refractivity (Wildman–Crippen MR) is 78.9 cm³/mol. The predicted octanol–water partition coefficient (Wildman–Crippen LogP) is 0.360. The number of carbonyl (C=O) groups excluding carboxylic acids is 2. The van der Waals surface area contributed by atoms with Gasteiger partial charge in [0, 0.05) is 13.6 Å². The Balaban J connectivity index is 4.27. The van der Waals surface area contributed by atoms with Gasteiger partial charge in [0.05, 0.1) is 0 Å². The van der Waals surface area contributed by atoms with Crippen molar-refractivity contribution in [2.24, 2.45) is 0 Å². The van der Waals surface area contributed by atoms with E-state index in [0.29, 0.717) is 18.7 Å². The minimum Gasteiger partial charge on any atom is -0.480 e. The maximum Gasteiger partial charge on any atom is 0.326 e. The van der Waals surface area contributed by atoms with Gasteiger partial charge in [0.2, 0.25) is 5.91 Å². The molecule has 3 amide bonds. The lowest BCUT2D eigenvalue weighted by Crippen LogP contribution is -2.49. The smallest absolute Gasteiger partial charge is 0.326 e. The first-order valence-electron chi connectivity index (χ1n) is 6.42. The highest BCUT2D eigenvalue weighted by Crippen LogP contribution is 2.01. The molecule has 0 radical (unpaired) electrons. The second-order valence-corrected chi connectivity index (χ2v) is 5.31. The quantitative estimate of drug-likeness (QED) is 0.571. The Hall–Kier alpha value is -1.44. The van der Waals surface area contributed by atoms with E-state index in [9.17, 15) is 14.4 Å². The third-order valence-corrected chi connectivity index (χ3v) is 3.15. The summed E-state index contributed by atoms with van der Waals surface area (Å²) in [5.74, 6) is -0.700. The van der Waals surface area contributed by atoms with Crippen LogP contribution in [0.5, 0.6) is 0 Å². The largest absolute Gasteiger partial charge is 0.480 e. The topological polar surface area (TPSA) is 98.7 Å². The van der Waals surface area contributed by atoms with Crippen LogP contribution in [0, 0.1) is 0 Å². The fourth-order valence-electron chi connectivity index (χ4n) is 1.36. The second-order valence-electron chi connectivity index (χ2n) is 4.33. The Morgan fingerprint density at radius 3 is 2.50 bits per heavy atom. The Kier molecular flexibility index (Phi) is 9.61. The van der Waals surface area contributed by atoms with Crippen molar-refractivity contribution in [3.05, 3.63) is 0 Å². The minimum atomic E-state index is -1.07. The van der Waals surface area contributed by atoms with Crippen LogP contribution in [0.4, 0.5) is 4.79 Å². The SMILES string of the molecule is CCCNC(=O)CN(C)C(=O)N[C@@H](CCSC)C(=O)O. The van der Waals surface area contributed by atoms with Gasteiger partial charge in [0.1, 0.15) is 12.6 Å². The molecule has 0 aliphatic rings. The third-order valence-electron chi connectivity index (χ3n) is 2.51. The zero-order valence-corrected chi connectivity index (χ0v) is 13.0. The van der Waals surface area contributed by atoms with Crippen LogP contribution in [-0.4, -0.2) is 66.1 Å². The van der Waals surface area contributed by atoms with Gasteiger partial charge in [-0.2, -0.15) is 11.8 Å². The first-order valence-corrected chi connectivity index (χ1v) is 7.81. The molecular formula is C12H23N3O4S. The molecule has 0 spiro atoms. The lowest BCUT2D eigenvalue weighted by Gasteiger charge is -2.20. The molecule has 0 bridgehead atoms. The Morgan fingerprint density at radius 2 is 2.00 bits per heavy atom. The Bertz CT molecular complexity index is 339. The standard InChI is InChI=1S/C12H23N3O4S/c1-4-6-13-10(16)8-15(2)12(19)14-9(11(17)18)5-7-20-3/h9H,4-8H2,1-3H3,(H,13,16)(H,14,19)(H,17,18)/t9-/m0/s1. The number of carboxylic acid groups (broad SMARTS) is 1. The highest BCUT2D eigenvalue weighted by Gasteiger charge is 2.22. The van der Waals surface area contributed by atoms with E-state index in [1.165, 1.54) is 23.7 Å². The first kappa shape index (κ1) is 18.6. The molecule has 116 valence electrons. The van der Waals surface area contributed by atoms with Gasteiger partial charge in [-0.25, -0.2) is 9.59 Å². The van der Waals surface area contributed by atoms with Crippen molar-refractivity contribution in [1.29, 1.82) is 0 Å². The first-order chi connectivity index (χ1) is 9.42. The van der Waals surface area contributed by atoms with Crippen molar-refractivity contribution in [2.45, 2.75) is 25.8 Å². The van der Waals surface area contributed by atoms with Crippen LogP contribution in [0.3, 0.4) is 0 Å². The van der Waals surface area contributed by atoms with Crippen LogP contribution < -0.4 is 10.6 Å². The molecule has 0 aromatic heterocycles. The molecule has 7 nitrogen and oxygen atoms in total. The second kappa shape index (κ2) is 10.4. The highest BCUT2D eigenvalue weighted by atomic mass is 32.2. The summed E-state index contributed by atoms with van der Waals surface area (Å²) in [6, 6.07) is -1.50. The fraction of sp³-hybridized carbons (Fsp3) is 0.750. The highest BCUT2D eigenvalue weighted by molar-refractivity contribution is 7.98. The number of hydrogen-bond acceptors (Lipinski definition) is 4. The normalized spacial score (nSPS) is 11.6. The number of nitrogens with one attached hydrogen (secondary N) is 2. The van der Waals surface area contributed by atoms with Crippen LogP contribution in [0.25, 0.3) is 0 Å². The molecule has 3 N–H and O–H groups in total. The van der Waals surface area contributed by atoms with Crippen LogP contribution in [0.15, 0.2) is 0 Å². The molecule has 0 aliphatic carbocycles. The molecule has 0 fully saturated rings. The molecule has 0 aliphatic heterocycles. The Morgan fingerprint density at radius 1 is 1.35 bits per heavy atom. The number of aliphatic carboxylic acids is 1. The summed E-state index contributed by atoms with van der Waals surface area (Å²) in [5, 5.41) is 14.1. The third kappa shape index (κ3) is 7.88. The van der Waals surface area contributed by atoms with E-state index in [4.69, 9.17) is 5.11 Å². The number of urea groups is 1. The molecule has 0 saturated carbocycles. The Labute approximate surface area is 123 Å². The molecular weight excluding hydrogens is 282 g/mol. The van der Waals surface area contributed by atoms with Gasteiger partial charge in [-0.1, -0.05) is 6.92 Å². The van der Waals surface area contributed by atoms with Gasteiger partial charge in [0.15, 0.2) is 0 Å². The summed E-state index contributed by atoms with van der Waals surface area (Å²) in [4.78, 5) is 35.4. The summed E-state index contributed by atoms with van der Waals surface area (Å²) >= 11 is 1.51. The van der Waals surface area contributed by atoms with E-state index in [0.717, 1.165) is 6.42 Å². The number of likely N-dealkylation sites (N-methyl/N-ethyl adjacent to an activating group) is 1. The van der Waals surface area contributed by atoms with Gasteiger partial charge in [0.25, 0.3) is 0 Å². The number of hydrogen-bond donors (Lipinski definition) is 3. The van der Waals surface area contributed by atoms with Crippen molar-refractivity contribution in [2.75, 3.05) is 32.1 Å². The summed E-state index contributed by atoms with van der Waals surface area (Å²) in [5.41, 5.74) is 0. The van der Waals surface area contributed by atoms with Crippen molar-refractivity contribution in [1.82, 2.24) is 15.5 Å². The van der Waals surface area contributed by atoms with Crippen molar-refractivity contribution < 1.29 is 19.5 Å². The maximum atomic E-state index is 11.8. The minimum absolute atomic E-state index is 0.0965. The maximum absolute atomic E-state index is 11.8. The number of carboxylic acids is 1. The van der Waals surface area contributed by atoms with E-state index in [1.54, 1.807) is 0 Å². The van der Waals surface area contributed by atoms with Crippen molar-refractivity contribution >= 4 is 29.7 Å². The molecule has 8 heteroatoms. The van der Waals surface area contributed by atoms with Crippen molar-refractivity contribution in [3.63, 3.8) is 0 Å². The van der Waals surface area contributed by atoms with E-state index in [-0.39, 0.29) is 12.5 Å². The monoisotopic (exact) mass is 305 g/mol. The number of nitrogens with zero attached hydrogens (tertiary/aromatic N) is 1. The van der Waals surface area contributed by atoms with Gasteiger partial charge in [-0.05, 0) is 24.9 Å². The number of thioether (sulfide) groups is 1. The number of amides is 3. The van der Waals surface area contributed by atoms with Gasteiger partial charge in [-0.3, -0.25) is 4.79 Å². The fourth-order valence-corrected chi connectivity index (χ4v) is 1.83. The zero-order chi connectivity index (χ0) is 15.5. The molecule has 0 aromatic rings. The average Bonchev–Trinajstić information content (AvgIpc) is 2.40. The van der Waals surface area contributed by atoms with Gasteiger partial charge < -0.3 is 20.6 Å². The van der Waals surface area contributed by atoms with E-state index in [1.807, 2.05) is 13.2 Å². The van der Waals surface area contributed by atoms with Crippen LogP contribution in [0.2, 0.25) is 0 Å². The van der Waals surface area contributed by atoms with E-state index >= 15 is 0 Å². The lowest BCUT2D eigenvalue weighted by atomic mass is 10.2. The summed E-state index contributed by atoms with van der Waals surface area (Å²) < 4.78 is 0. The molecule has 0 rings (SSSR count). The zero-order valence-electron chi connectivity index (χ0n) is 12.1. The van der Waals surface area contributed by atoms with Gasteiger partial charge >= 0.3 is 12.0 Å². The molecule has 0 heterocycles. The molecule has 0 aromatic carbocycles. The van der Waals surface area contributed by atoms with Crippen LogP contribution in [-0.2, 0) is 9.59 Å². The summed E-state index contributed by atoms with van der Waals surface area (Å²) in [7, 11) is 1.45. The molecule has 0 saturated heterocycles. The van der Waals surface area contributed by atoms with Crippen LogP contribution in [0.1, 0.15) is 19.8 Å². The summed E-state index contributed by atoms with van der Waals surface area (Å²) in [6.45, 7) is 2.39.